The Morgan fingerprint density at radius 2 is 1.00 bits per heavy atom. The smallest absolute Gasteiger partial charge is 0.240 e. The normalized spacial score (nSPS) is 11.0. The minimum absolute atomic E-state index is 0.0862. The molecule has 0 aromatic rings. The molecule has 10 heteroatoms. The van der Waals surface area contributed by atoms with Gasteiger partial charge in [0.2, 0.25) is 11.8 Å². The number of nitrogens with one attached hydrogen (secondary N) is 1. The molecule has 196 valence electrons. The van der Waals surface area contributed by atoms with E-state index in [1.54, 1.807) is 21.3 Å². The van der Waals surface area contributed by atoms with Crippen LogP contribution < -0.4 is 5.43 Å². The van der Waals surface area contributed by atoms with Crippen molar-refractivity contribution in [3.8, 4) is 0 Å². The van der Waals surface area contributed by atoms with Gasteiger partial charge in [-0.2, -0.15) is 0 Å². The molecular formula is C23H46N2O8. The van der Waals surface area contributed by atoms with Crippen LogP contribution in [-0.2, 0) is 38.0 Å². The molecule has 2 amide bonds. The van der Waals surface area contributed by atoms with Gasteiger partial charge in [0.15, 0.2) is 0 Å². The van der Waals surface area contributed by atoms with Gasteiger partial charge in [0.1, 0.15) is 0 Å². The number of carbonyl (C=O) groups excluding carboxylic acids is 2. The van der Waals surface area contributed by atoms with E-state index < -0.39 is 0 Å². The van der Waals surface area contributed by atoms with Gasteiger partial charge >= 0.3 is 0 Å². The summed E-state index contributed by atoms with van der Waals surface area (Å²) in [5.74, 6) is -0.226. The SMILES string of the molecule is COCCOCCOCCCCCC(=O)NN(C)C(=O)CCCCCOCCOCCOC. The second kappa shape index (κ2) is 25.3. The molecular weight excluding hydrogens is 432 g/mol. The van der Waals surface area contributed by atoms with Crippen LogP contribution in [0.3, 0.4) is 0 Å². The van der Waals surface area contributed by atoms with Crippen molar-refractivity contribution in [1.82, 2.24) is 10.4 Å². The molecule has 0 saturated heterocycles. The number of amides is 2. The van der Waals surface area contributed by atoms with E-state index in [0.29, 0.717) is 78.9 Å². The first-order chi connectivity index (χ1) is 16.1. The molecule has 0 aromatic carbocycles. The van der Waals surface area contributed by atoms with Gasteiger partial charge in [0, 0.05) is 47.3 Å². The molecule has 0 aliphatic rings. The zero-order chi connectivity index (χ0) is 24.4. The molecule has 0 rings (SSSR count). The lowest BCUT2D eigenvalue weighted by molar-refractivity contribution is -0.139. The number of unbranched alkanes of at least 4 members (excludes halogenated alkanes) is 4. The Balaban J connectivity index is 3.46. The lowest BCUT2D eigenvalue weighted by Gasteiger charge is -2.18. The minimum atomic E-state index is -0.139. The summed E-state index contributed by atoms with van der Waals surface area (Å²) in [5, 5.41) is 1.29. The fraction of sp³-hybridized carbons (Fsp3) is 0.913. The fourth-order valence-electron chi connectivity index (χ4n) is 2.73. The molecule has 0 radical (unpaired) electrons. The number of hydrogen-bond acceptors (Lipinski definition) is 8. The van der Waals surface area contributed by atoms with Crippen molar-refractivity contribution < 1.29 is 38.0 Å². The summed E-state index contributed by atoms with van der Waals surface area (Å²) in [7, 11) is 4.87. The number of rotatable bonds is 24. The van der Waals surface area contributed by atoms with Gasteiger partial charge in [-0.25, -0.2) is 0 Å². The Morgan fingerprint density at radius 3 is 1.48 bits per heavy atom. The molecule has 0 aromatic heterocycles. The average molecular weight is 479 g/mol. The van der Waals surface area contributed by atoms with Gasteiger partial charge in [-0.15, -0.1) is 0 Å². The number of hydrogen-bond donors (Lipinski definition) is 1. The summed E-state index contributed by atoms with van der Waals surface area (Å²) in [4.78, 5) is 24.1. The Labute approximate surface area is 199 Å². The van der Waals surface area contributed by atoms with Crippen molar-refractivity contribution >= 4 is 11.8 Å². The lowest BCUT2D eigenvalue weighted by atomic mass is 10.2. The largest absolute Gasteiger partial charge is 0.382 e. The highest BCUT2D eigenvalue weighted by atomic mass is 16.5. The molecule has 33 heavy (non-hydrogen) atoms. The van der Waals surface area contributed by atoms with Crippen LogP contribution in [0.4, 0.5) is 0 Å². The highest BCUT2D eigenvalue weighted by Crippen LogP contribution is 2.04. The van der Waals surface area contributed by atoms with Crippen LogP contribution in [0.15, 0.2) is 0 Å². The lowest BCUT2D eigenvalue weighted by Crippen LogP contribution is -2.43. The molecule has 0 saturated carbocycles. The van der Waals surface area contributed by atoms with Gasteiger partial charge in [0.25, 0.3) is 0 Å². The Bertz CT molecular complexity index is 454. The van der Waals surface area contributed by atoms with Crippen LogP contribution >= 0.6 is 0 Å². The van der Waals surface area contributed by atoms with E-state index in [0.717, 1.165) is 38.5 Å². The van der Waals surface area contributed by atoms with Crippen molar-refractivity contribution in [2.45, 2.75) is 51.4 Å². The van der Waals surface area contributed by atoms with Crippen molar-refractivity contribution in [3.63, 3.8) is 0 Å². The first-order valence-electron chi connectivity index (χ1n) is 12.0. The number of nitrogens with zero attached hydrogens (tertiary/aromatic N) is 1. The first-order valence-corrected chi connectivity index (χ1v) is 12.0. The summed E-state index contributed by atoms with van der Waals surface area (Å²) < 4.78 is 31.3. The number of carbonyl (C=O) groups is 2. The molecule has 0 fully saturated rings. The second-order valence-corrected chi connectivity index (χ2v) is 7.54. The number of hydrazine groups is 1. The summed E-state index contributed by atoms with van der Waals surface area (Å²) >= 11 is 0. The van der Waals surface area contributed by atoms with Crippen LogP contribution in [0.2, 0.25) is 0 Å². The van der Waals surface area contributed by atoms with Gasteiger partial charge in [-0.3, -0.25) is 20.0 Å². The van der Waals surface area contributed by atoms with E-state index in [-0.39, 0.29) is 11.8 Å². The third-order valence-corrected chi connectivity index (χ3v) is 4.65. The fourth-order valence-corrected chi connectivity index (χ4v) is 2.73. The summed E-state index contributed by atoms with van der Waals surface area (Å²) in [6.07, 6.45) is 5.92. The quantitative estimate of drug-likeness (QED) is 0.166. The summed E-state index contributed by atoms with van der Waals surface area (Å²) in [6.45, 7) is 5.89. The zero-order valence-corrected chi connectivity index (χ0v) is 20.9. The van der Waals surface area contributed by atoms with Crippen molar-refractivity contribution in [1.29, 1.82) is 0 Å². The molecule has 0 spiro atoms. The predicted molar refractivity (Wildman–Crippen MR) is 125 cm³/mol. The molecule has 0 heterocycles. The van der Waals surface area contributed by atoms with Crippen molar-refractivity contribution in [2.24, 2.45) is 0 Å². The second-order valence-electron chi connectivity index (χ2n) is 7.54. The molecule has 0 atom stereocenters. The number of ether oxygens (including phenoxy) is 6. The van der Waals surface area contributed by atoms with E-state index in [9.17, 15) is 9.59 Å². The monoisotopic (exact) mass is 478 g/mol. The minimum Gasteiger partial charge on any atom is -0.382 e. The predicted octanol–water partition coefficient (Wildman–Crippen LogP) is 1.96. The van der Waals surface area contributed by atoms with Crippen LogP contribution in [0, 0.1) is 0 Å². The van der Waals surface area contributed by atoms with Crippen LogP contribution in [-0.4, -0.2) is 104 Å². The van der Waals surface area contributed by atoms with E-state index in [1.807, 2.05) is 0 Å². The van der Waals surface area contributed by atoms with Crippen molar-refractivity contribution in [2.75, 3.05) is 87.3 Å². The third-order valence-electron chi connectivity index (χ3n) is 4.65. The molecule has 0 bridgehead atoms. The molecule has 0 aliphatic heterocycles. The van der Waals surface area contributed by atoms with Crippen molar-refractivity contribution in [3.05, 3.63) is 0 Å². The molecule has 1 N–H and O–H groups in total. The van der Waals surface area contributed by atoms with E-state index in [1.165, 1.54) is 5.01 Å². The molecule has 0 unspecified atom stereocenters. The van der Waals surface area contributed by atoms with Gasteiger partial charge in [-0.1, -0.05) is 12.8 Å². The van der Waals surface area contributed by atoms with E-state index in [2.05, 4.69) is 5.43 Å². The standard InChI is InChI=1S/C23H46N2O8/c1-25(23(27)11-7-5-9-13-31-19-21-33-17-15-29-3)24-22(26)10-6-4-8-12-30-18-20-32-16-14-28-2/h4-21H2,1-3H3,(H,24,26). The Kier molecular flexibility index (Phi) is 24.3. The zero-order valence-electron chi connectivity index (χ0n) is 20.9. The maximum absolute atomic E-state index is 12.1. The Hall–Kier alpha value is -1.30. The van der Waals surface area contributed by atoms with Gasteiger partial charge in [0.05, 0.1) is 52.9 Å². The van der Waals surface area contributed by atoms with E-state index in [4.69, 9.17) is 28.4 Å². The molecule has 0 aliphatic carbocycles. The summed E-state index contributed by atoms with van der Waals surface area (Å²) in [6, 6.07) is 0. The van der Waals surface area contributed by atoms with Gasteiger partial charge < -0.3 is 28.4 Å². The van der Waals surface area contributed by atoms with E-state index >= 15 is 0 Å². The summed E-state index contributed by atoms with van der Waals surface area (Å²) in [5.41, 5.74) is 2.64. The van der Waals surface area contributed by atoms with Gasteiger partial charge in [-0.05, 0) is 25.7 Å². The third kappa shape index (κ3) is 23.6. The maximum atomic E-state index is 12.1. The van der Waals surface area contributed by atoms with Crippen LogP contribution in [0.25, 0.3) is 0 Å². The highest BCUT2D eigenvalue weighted by molar-refractivity contribution is 5.81. The maximum Gasteiger partial charge on any atom is 0.240 e. The Morgan fingerprint density at radius 1 is 0.576 bits per heavy atom. The average Bonchev–Trinajstić information content (AvgIpc) is 2.80. The topological polar surface area (TPSA) is 105 Å². The first kappa shape index (κ1) is 31.7. The van der Waals surface area contributed by atoms with Crippen LogP contribution in [0.1, 0.15) is 51.4 Å². The number of methoxy groups -OCH3 is 2. The van der Waals surface area contributed by atoms with Crippen LogP contribution in [0.5, 0.6) is 0 Å². The molecule has 10 nitrogen and oxygen atoms in total. The highest BCUT2D eigenvalue weighted by Gasteiger charge is 2.11.